The molecule has 0 fully saturated rings. The smallest absolute Gasteiger partial charge is 0.263 e. The topological polar surface area (TPSA) is 33.5 Å². The fourth-order valence-corrected chi connectivity index (χ4v) is 4.00. The van der Waals surface area contributed by atoms with Crippen LogP contribution in [0.15, 0.2) is 112 Å². The normalized spacial score (nSPS) is 14.8. The van der Waals surface area contributed by atoms with Gasteiger partial charge in [-0.2, -0.15) is 0 Å². The van der Waals surface area contributed by atoms with Gasteiger partial charge in [-0.1, -0.05) is 76.1 Å². The number of furan rings is 1. The highest BCUT2D eigenvalue weighted by Crippen LogP contribution is 2.35. The van der Waals surface area contributed by atoms with Gasteiger partial charge in [0.25, 0.3) is 5.91 Å². The lowest BCUT2D eigenvalue weighted by atomic mass is 10.1. The van der Waals surface area contributed by atoms with Crippen molar-refractivity contribution in [3.63, 3.8) is 0 Å². The van der Waals surface area contributed by atoms with E-state index in [1.165, 1.54) is 0 Å². The number of hydrogen-bond acceptors (Lipinski definition) is 2. The lowest BCUT2D eigenvalue weighted by molar-refractivity contribution is -0.113. The molecule has 32 heavy (non-hydrogen) atoms. The fourth-order valence-electron chi connectivity index (χ4n) is 3.74. The average molecular weight is 482 g/mol. The Balaban J connectivity index is 1.53. The highest BCUT2D eigenvalue weighted by atomic mass is 79.9. The number of benzene rings is 3. The molecule has 1 aliphatic rings. The van der Waals surface area contributed by atoms with E-state index in [1.54, 1.807) is 4.90 Å². The number of halogens is 1. The molecule has 0 unspecified atom stereocenters. The van der Waals surface area contributed by atoms with Crippen LogP contribution in [0.5, 0.6) is 0 Å². The molecule has 3 nitrogen and oxygen atoms in total. The van der Waals surface area contributed by atoms with Crippen LogP contribution in [0, 0.1) is 6.92 Å². The van der Waals surface area contributed by atoms with Crippen LogP contribution in [0.4, 0.5) is 5.69 Å². The van der Waals surface area contributed by atoms with Gasteiger partial charge in [-0.15, -0.1) is 0 Å². The zero-order valence-corrected chi connectivity index (χ0v) is 19.0. The minimum absolute atomic E-state index is 0.0747. The molecule has 0 N–H and O–H groups in total. The van der Waals surface area contributed by atoms with Crippen molar-refractivity contribution in [2.75, 3.05) is 4.90 Å². The highest BCUT2D eigenvalue weighted by Gasteiger charge is 2.30. The Morgan fingerprint density at radius 1 is 0.812 bits per heavy atom. The van der Waals surface area contributed by atoms with Crippen molar-refractivity contribution < 1.29 is 9.21 Å². The van der Waals surface area contributed by atoms with Crippen LogP contribution in [0.3, 0.4) is 0 Å². The zero-order valence-electron chi connectivity index (χ0n) is 17.5. The van der Waals surface area contributed by atoms with Crippen molar-refractivity contribution in [1.82, 2.24) is 0 Å². The third kappa shape index (κ3) is 3.97. The maximum atomic E-state index is 13.5. The summed E-state index contributed by atoms with van der Waals surface area (Å²) in [6, 6.07) is 29.7. The van der Waals surface area contributed by atoms with Crippen molar-refractivity contribution in [1.29, 1.82) is 0 Å². The van der Waals surface area contributed by atoms with Crippen LogP contribution >= 0.6 is 15.9 Å². The van der Waals surface area contributed by atoms with Crippen LogP contribution in [0.2, 0.25) is 0 Å². The van der Waals surface area contributed by atoms with E-state index in [-0.39, 0.29) is 5.91 Å². The van der Waals surface area contributed by atoms with E-state index in [4.69, 9.17) is 4.42 Å². The third-order valence-electron chi connectivity index (χ3n) is 5.40. The predicted octanol–water partition coefficient (Wildman–Crippen LogP) is 7.49. The van der Waals surface area contributed by atoms with Gasteiger partial charge < -0.3 is 4.42 Å². The molecule has 0 aliphatic carbocycles. The number of hydrogen-bond donors (Lipinski definition) is 0. The summed E-state index contributed by atoms with van der Waals surface area (Å²) in [4.78, 5) is 15.2. The van der Waals surface area contributed by atoms with E-state index < -0.39 is 0 Å². The molecule has 0 spiro atoms. The van der Waals surface area contributed by atoms with Crippen molar-refractivity contribution in [2.24, 2.45) is 0 Å². The van der Waals surface area contributed by atoms with E-state index >= 15 is 0 Å². The molecular weight excluding hydrogens is 462 g/mol. The van der Waals surface area contributed by atoms with E-state index in [2.05, 4.69) is 15.9 Å². The molecule has 156 valence electrons. The van der Waals surface area contributed by atoms with Gasteiger partial charge in [0.05, 0.1) is 5.70 Å². The number of rotatable bonds is 4. The fraction of sp³-hybridized carbons (Fsp3) is 0.0357. The molecule has 2 heterocycles. The molecule has 4 heteroatoms. The van der Waals surface area contributed by atoms with Gasteiger partial charge in [0.1, 0.15) is 11.5 Å². The molecule has 0 saturated carbocycles. The molecule has 0 atom stereocenters. The Hall–Kier alpha value is -3.63. The molecule has 3 aromatic carbocycles. The minimum Gasteiger partial charge on any atom is -0.457 e. The Bertz CT molecular complexity index is 1330. The minimum atomic E-state index is -0.0747. The Morgan fingerprint density at radius 2 is 1.53 bits per heavy atom. The molecule has 1 aliphatic heterocycles. The molecule has 0 radical (unpaired) electrons. The summed E-state index contributed by atoms with van der Waals surface area (Å²) in [5.74, 6) is 1.33. The zero-order chi connectivity index (χ0) is 22.1. The van der Waals surface area contributed by atoms with Gasteiger partial charge in [0.15, 0.2) is 0 Å². The predicted molar refractivity (Wildman–Crippen MR) is 133 cm³/mol. The largest absolute Gasteiger partial charge is 0.457 e. The lowest BCUT2D eigenvalue weighted by Crippen LogP contribution is -2.24. The number of nitrogens with zero attached hydrogens (tertiary/aromatic N) is 1. The maximum absolute atomic E-state index is 13.5. The quantitative estimate of drug-likeness (QED) is 0.283. The number of carbonyl (C=O) groups excluding carboxylic acids is 1. The van der Waals surface area contributed by atoms with Crippen molar-refractivity contribution >= 4 is 39.3 Å². The summed E-state index contributed by atoms with van der Waals surface area (Å²) >= 11 is 3.45. The van der Waals surface area contributed by atoms with Gasteiger partial charge in [-0.3, -0.25) is 9.69 Å². The van der Waals surface area contributed by atoms with Crippen molar-refractivity contribution in [3.05, 3.63) is 124 Å². The van der Waals surface area contributed by atoms with Gasteiger partial charge in [-0.05, 0) is 61.0 Å². The molecule has 5 rings (SSSR count). The SMILES string of the molecule is Cc1ccc(N2C(=O)C(=Cc3ccc(-c4ccc(Br)cc4)o3)C=C2c2ccccc2)cc1. The summed E-state index contributed by atoms with van der Waals surface area (Å²) < 4.78 is 7.04. The Morgan fingerprint density at radius 3 is 2.25 bits per heavy atom. The molecule has 4 aromatic rings. The highest BCUT2D eigenvalue weighted by molar-refractivity contribution is 9.10. The average Bonchev–Trinajstić information content (AvgIpc) is 3.41. The van der Waals surface area contributed by atoms with Gasteiger partial charge in [0.2, 0.25) is 0 Å². The van der Waals surface area contributed by atoms with Crippen LogP contribution in [-0.2, 0) is 4.79 Å². The standard InChI is InChI=1S/C28H20BrNO2/c1-19-7-13-24(14-8-19)30-26(20-5-3-2-4-6-20)18-22(28(30)31)17-25-15-16-27(32-25)21-9-11-23(29)12-10-21/h2-18H,1H3. The number of carbonyl (C=O) groups is 1. The summed E-state index contributed by atoms with van der Waals surface area (Å²) in [6.45, 7) is 2.04. The molecule has 1 aromatic heterocycles. The van der Waals surface area contributed by atoms with Gasteiger partial charge in [0, 0.05) is 21.3 Å². The van der Waals surface area contributed by atoms with Gasteiger partial charge >= 0.3 is 0 Å². The summed E-state index contributed by atoms with van der Waals surface area (Å²) in [5, 5.41) is 0. The van der Waals surface area contributed by atoms with Crippen molar-refractivity contribution in [3.8, 4) is 11.3 Å². The van der Waals surface area contributed by atoms with Crippen LogP contribution in [0.25, 0.3) is 23.1 Å². The second kappa shape index (κ2) is 8.48. The first-order chi connectivity index (χ1) is 15.6. The Kier molecular flexibility index (Phi) is 5.38. The number of anilines is 1. The van der Waals surface area contributed by atoms with Crippen molar-refractivity contribution in [2.45, 2.75) is 6.92 Å². The first-order valence-electron chi connectivity index (χ1n) is 10.3. The third-order valence-corrected chi connectivity index (χ3v) is 5.93. The molecule has 0 bridgehead atoms. The first-order valence-corrected chi connectivity index (χ1v) is 11.1. The second-order valence-corrected chi connectivity index (χ2v) is 8.60. The lowest BCUT2D eigenvalue weighted by Gasteiger charge is -2.21. The Labute approximate surface area is 195 Å². The van der Waals surface area contributed by atoms with Crippen LogP contribution in [-0.4, -0.2) is 5.91 Å². The molecule has 0 saturated heterocycles. The number of aryl methyl sites for hydroxylation is 1. The second-order valence-electron chi connectivity index (χ2n) is 7.68. The van der Waals surface area contributed by atoms with E-state index in [0.717, 1.165) is 38.3 Å². The molecular formula is C28H20BrNO2. The summed E-state index contributed by atoms with van der Waals surface area (Å²) in [7, 11) is 0. The summed E-state index contributed by atoms with van der Waals surface area (Å²) in [6.07, 6.45) is 3.74. The summed E-state index contributed by atoms with van der Waals surface area (Å²) in [5.41, 5.74) is 5.40. The molecule has 1 amide bonds. The number of amides is 1. The van der Waals surface area contributed by atoms with Crippen LogP contribution in [0.1, 0.15) is 16.9 Å². The van der Waals surface area contributed by atoms with E-state index in [9.17, 15) is 4.79 Å². The van der Waals surface area contributed by atoms with Crippen LogP contribution < -0.4 is 4.90 Å². The van der Waals surface area contributed by atoms with Gasteiger partial charge in [-0.25, -0.2) is 0 Å². The van der Waals surface area contributed by atoms with E-state index in [1.807, 2.05) is 110 Å². The monoisotopic (exact) mass is 481 g/mol. The maximum Gasteiger partial charge on any atom is 0.263 e. The van der Waals surface area contributed by atoms with E-state index in [0.29, 0.717) is 11.3 Å². The first kappa shape index (κ1) is 20.3.